The van der Waals surface area contributed by atoms with Gasteiger partial charge >= 0.3 is 51.4 Å². The quantitative estimate of drug-likeness (QED) is 0.418. The molecule has 1 saturated heterocycles. The van der Waals surface area contributed by atoms with Crippen LogP contribution in [0.25, 0.3) is 0 Å². The van der Waals surface area contributed by atoms with Crippen LogP contribution in [0.3, 0.4) is 0 Å². The fraction of sp³-hybridized carbons (Fsp3) is 0.909. The van der Waals surface area contributed by atoms with Crippen LogP contribution in [0.2, 0.25) is 0 Å². The fourth-order valence-electron chi connectivity index (χ4n) is 1.75. The Hall–Kier alpha value is 1.56. The van der Waals surface area contributed by atoms with Gasteiger partial charge in [0, 0.05) is 0 Å². The summed E-state index contributed by atoms with van der Waals surface area (Å²) in [4.78, 5) is 4.97. The molecule has 1 aliphatic heterocycles. The summed E-state index contributed by atoms with van der Waals surface area (Å²) in [6.07, 6.45) is 6.33. The van der Waals surface area contributed by atoms with Crippen molar-refractivity contribution in [2.75, 3.05) is 39.8 Å². The van der Waals surface area contributed by atoms with E-state index in [1.807, 2.05) is 0 Å². The van der Waals surface area contributed by atoms with Gasteiger partial charge in [0.15, 0.2) is 0 Å². The van der Waals surface area contributed by atoms with Crippen molar-refractivity contribution >= 4 is 0 Å². The topological polar surface area (TPSA) is 6.48 Å². The first-order valence-electron chi connectivity index (χ1n) is 5.55. The molecule has 3 heteroatoms. The number of hydrogen-bond donors (Lipinski definition) is 0. The average Bonchev–Trinajstić information content (AvgIpc) is 2.19. The molecule has 0 aromatic heterocycles. The molecule has 0 aromatic carbocycles. The monoisotopic (exact) mass is 222 g/mol. The summed E-state index contributed by atoms with van der Waals surface area (Å²) >= 11 is 0. The van der Waals surface area contributed by atoms with Crippen LogP contribution in [-0.4, -0.2) is 49.6 Å². The average molecular weight is 222 g/mol. The predicted octanol–water partition coefficient (Wildman–Crippen LogP) is -1.37. The number of nitrogens with zero attached hydrogens (tertiary/aromatic N) is 2. The van der Waals surface area contributed by atoms with Crippen LogP contribution in [-0.2, 0) is 0 Å². The van der Waals surface area contributed by atoms with Gasteiger partial charge in [-0.15, -0.1) is 0 Å². The van der Waals surface area contributed by atoms with Crippen molar-refractivity contribution < 1.29 is 51.4 Å². The third kappa shape index (κ3) is 6.93. The van der Waals surface area contributed by atoms with E-state index in [0.29, 0.717) is 0 Å². The van der Waals surface area contributed by atoms with E-state index in [4.69, 9.17) is 0 Å². The molecular weight excluding hydrogens is 199 g/mol. The van der Waals surface area contributed by atoms with Crippen molar-refractivity contribution in [3.8, 4) is 0 Å². The van der Waals surface area contributed by atoms with Crippen molar-refractivity contribution in [3.05, 3.63) is 6.42 Å². The molecule has 0 unspecified atom stereocenters. The summed E-state index contributed by atoms with van der Waals surface area (Å²) in [5.74, 6) is 0. The molecule has 0 bridgehead atoms. The minimum Gasteiger partial charge on any atom is -0.326 e. The first-order valence-corrected chi connectivity index (χ1v) is 5.55. The van der Waals surface area contributed by atoms with Gasteiger partial charge in [-0.2, -0.15) is 12.8 Å². The normalized spacial score (nSPS) is 18.2. The molecule has 0 atom stereocenters. The van der Waals surface area contributed by atoms with Gasteiger partial charge < -0.3 is 16.2 Å². The fourth-order valence-corrected chi connectivity index (χ4v) is 1.75. The first-order chi connectivity index (χ1) is 6.33. The van der Waals surface area contributed by atoms with E-state index in [1.54, 1.807) is 0 Å². The Morgan fingerprint density at radius 3 is 2.50 bits per heavy atom. The molecule has 78 valence electrons. The van der Waals surface area contributed by atoms with Crippen LogP contribution in [0.15, 0.2) is 0 Å². The molecule has 1 fully saturated rings. The smallest absolute Gasteiger partial charge is 0.326 e. The van der Waals surface area contributed by atoms with Crippen LogP contribution in [0.5, 0.6) is 0 Å². The van der Waals surface area contributed by atoms with E-state index in [9.17, 15) is 0 Å². The summed E-state index contributed by atoms with van der Waals surface area (Å²) in [6.45, 7) is 8.50. The Balaban J connectivity index is 0.00000169. The molecule has 0 spiro atoms. The zero-order valence-electron chi connectivity index (χ0n) is 10.1. The van der Waals surface area contributed by atoms with Crippen LogP contribution < -0.4 is 51.4 Å². The van der Waals surface area contributed by atoms with Crippen molar-refractivity contribution in [2.24, 2.45) is 0 Å². The summed E-state index contributed by atoms with van der Waals surface area (Å²) < 4.78 is 0. The predicted molar refractivity (Wildman–Crippen MR) is 57.8 cm³/mol. The van der Waals surface area contributed by atoms with Gasteiger partial charge in [0.2, 0.25) is 0 Å². The molecule has 0 aliphatic carbocycles. The zero-order valence-corrected chi connectivity index (χ0v) is 13.3. The summed E-state index contributed by atoms with van der Waals surface area (Å²) in [7, 11) is 2.20. The molecular formula is C11H23KN2. The molecule has 0 N–H and O–H groups in total. The maximum Gasteiger partial charge on any atom is 1.00 e. The third-order valence-electron chi connectivity index (χ3n) is 2.85. The van der Waals surface area contributed by atoms with Gasteiger partial charge in [-0.05, 0) is 46.2 Å². The van der Waals surface area contributed by atoms with E-state index in [2.05, 4.69) is 30.2 Å². The van der Waals surface area contributed by atoms with Crippen LogP contribution in [0.4, 0.5) is 0 Å². The number of likely N-dealkylation sites (tertiary alicyclic amines) is 1. The zero-order chi connectivity index (χ0) is 9.52. The van der Waals surface area contributed by atoms with Crippen LogP contribution in [0, 0.1) is 6.42 Å². The second-order valence-corrected chi connectivity index (χ2v) is 3.96. The molecule has 0 amide bonds. The Morgan fingerprint density at radius 1 is 1.29 bits per heavy atom. The minimum atomic E-state index is 0. The van der Waals surface area contributed by atoms with Gasteiger partial charge in [-0.25, -0.2) is 0 Å². The van der Waals surface area contributed by atoms with Crippen molar-refractivity contribution in [1.29, 1.82) is 0 Å². The summed E-state index contributed by atoms with van der Waals surface area (Å²) in [5, 5.41) is 0. The van der Waals surface area contributed by atoms with Crippen LogP contribution >= 0.6 is 0 Å². The Labute approximate surface area is 132 Å². The Morgan fingerprint density at radius 2 is 1.93 bits per heavy atom. The summed E-state index contributed by atoms with van der Waals surface area (Å²) in [5.41, 5.74) is 0. The van der Waals surface area contributed by atoms with Crippen LogP contribution in [0.1, 0.15) is 26.2 Å². The van der Waals surface area contributed by atoms with E-state index in [-0.39, 0.29) is 51.4 Å². The molecule has 1 aliphatic rings. The van der Waals surface area contributed by atoms with Gasteiger partial charge in [0.25, 0.3) is 0 Å². The SMILES string of the molecule is CCN(C)CCCN1CC[CH-]CC1.[K+]. The number of hydrogen-bond acceptors (Lipinski definition) is 2. The largest absolute Gasteiger partial charge is 1.00 e. The molecule has 0 aromatic rings. The van der Waals surface area contributed by atoms with E-state index < -0.39 is 0 Å². The standard InChI is InChI=1S/C11H23N2.K/c1-3-12(2)8-7-11-13-9-5-4-6-10-13;/h4H,3,5-11H2,1-2H3;/q-1;+1. The van der Waals surface area contributed by atoms with Crippen molar-refractivity contribution in [1.82, 2.24) is 9.80 Å². The maximum absolute atomic E-state index is 2.59. The van der Waals surface area contributed by atoms with Gasteiger partial charge in [0.1, 0.15) is 0 Å². The van der Waals surface area contributed by atoms with E-state index in [1.165, 1.54) is 52.0 Å². The van der Waals surface area contributed by atoms with Gasteiger partial charge in [-0.1, -0.05) is 6.92 Å². The molecule has 14 heavy (non-hydrogen) atoms. The molecule has 0 saturated carbocycles. The Kier molecular flexibility index (Phi) is 10.8. The van der Waals surface area contributed by atoms with Gasteiger partial charge in [-0.3, -0.25) is 0 Å². The van der Waals surface area contributed by atoms with Crippen molar-refractivity contribution in [3.63, 3.8) is 0 Å². The second-order valence-electron chi connectivity index (χ2n) is 3.96. The minimum absolute atomic E-state index is 0. The molecule has 1 rings (SSSR count). The Bertz CT molecular complexity index is 124. The second kappa shape index (κ2) is 9.76. The maximum atomic E-state index is 2.59. The first kappa shape index (κ1) is 15.6. The third-order valence-corrected chi connectivity index (χ3v) is 2.85. The van der Waals surface area contributed by atoms with E-state index >= 15 is 0 Å². The molecule has 2 nitrogen and oxygen atoms in total. The number of piperidine rings is 1. The number of rotatable bonds is 5. The molecule has 0 radical (unpaired) electrons. The van der Waals surface area contributed by atoms with Crippen molar-refractivity contribution in [2.45, 2.75) is 26.2 Å². The molecule has 1 heterocycles. The van der Waals surface area contributed by atoms with E-state index in [0.717, 1.165) is 0 Å². The van der Waals surface area contributed by atoms with Gasteiger partial charge in [0.05, 0.1) is 0 Å². The summed E-state index contributed by atoms with van der Waals surface area (Å²) in [6, 6.07) is 0.